The van der Waals surface area contributed by atoms with Gasteiger partial charge in [0.05, 0.1) is 0 Å². The summed E-state index contributed by atoms with van der Waals surface area (Å²) in [6.45, 7) is 4.29. The molecule has 28 heavy (non-hydrogen) atoms. The van der Waals surface area contributed by atoms with E-state index in [1.165, 1.54) is 0 Å². The van der Waals surface area contributed by atoms with E-state index in [1.54, 1.807) is 24.3 Å². The van der Waals surface area contributed by atoms with E-state index in [2.05, 4.69) is 10.6 Å². The molecule has 8 nitrogen and oxygen atoms in total. The van der Waals surface area contributed by atoms with E-state index in [1.807, 2.05) is 24.3 Å². The summed E-state index contributed by atoms with van der Waals surface area (Å²) < 4.78 is 11.2. The summed E-state index contributed by atoms with van der Waals surface area (Å²) in [4.78, 5) is 0. The van der Waals surface area contributed by atoms with Crippen molar-refractivity contribution in [1.29, 1.82) is 10.8 Å². The molecule has 2 aromatic carbocycles. The molecule has 0 aliphatic rings. The number of benzene rings is 2. The van der Waals surface area contributed by atoms with Crippen LogP contribution < -0.4 is 31.6 Å². The van der Waals surface area contributed by atoms with Gasteiger partial charge in [-0.3, -0.25) is 10.8 Å². The van der Waals surface area contributed by atoms with Crippen LogP contribution in [0.15, 0.2) is 48.5 Å². The van der Waals surface area contributed by atoms with Crippen LogP contribution >= 0.6 is 0 Å². The van der Waals surface area contributed by atoms with Gasteiger partial charge in [0.25, 0.3) is 0 Å². The van der Waals surface area contributed by atoms with Crippen molar-refractivity contribution in [3.05, 3.63) is 59.7 Å². The molecular weight excluding hydrogens is 356 g/mol. The minimum absolute atomic E-state index is 0.0528. The van der Waals surface area contributed by atoms with Gasteiger partial charge < -0.3 is 31.6 Å². The number of amidine groups is 2. The van der Waals surface area contributed by atoms with Gasteiger partial charge in [-0.15, -0.1) is 0 Å². The Bertz CT molecular complexity index is 681. The summed E-state index contributed by atoms with van der Waals surface area (Å²) in [6, 6.07) is 14.3. The zero-order valence-electron chi connectivity index (χ0n) is 15.8. The first-order valence-electron chi connectivity index (χ1n) is 9.12. The Hall–Kier alpha value is -3.10. The fraction of sp³-hybridized carbons (Fsp3) is 0.300. The fourth-order valence-electron chi connectivity index (χ4n) is 2.37. The minimum atomic E-state index is 0.0528. The van der Waals surface area contributed by atoms with Crippen molar-refractivity contribution < 1.29 is 9.47 Å². The monoisotopic (exact) mass is 384 g/mol. The van der Waals surface area contributed by atoms with Crippen molar-refractivity contribution >= 4 is 11.7 Å². The van der Waals surface area contributed by atoms with Crippen LogP contribution in [0.25, 0.3) is 0 Å². The van der Waals surface area contributed by atoms with Gasteiger partial charge >= 0.3 is 0 Å². The zero-order chi connectivity index (χ0) is 20.2. The molecule has 0 unspecified atom stereocenters. The molecule has 0 aliphatic heterocycles. The summed E-state index contributed by atoms with van der Waals surface area (Å²) in [5.74, 6) is 1.63. The highest BCUT2D eigenvalue weighted by Gasteiger charge is 1.99. The Morgan fingerprint density at radius 3 is 1.32 bits per heavy atom. The van der Waals surface area contributed by atoms with Crippen LogP contribution in [0.1, 0.15) is 11.1 Å². The van der Waals surface area contributed by atoms with Crippen molar-refractivity contribution in [2.45, 2.75) is 0 Å². The molecule has 0 aliphatic carbocycles. The average Bonchev–Trinajstić information content (AvgIpc) is 2.70. The van der Waals surface area contributed by atoms with E-state index in [9.17, 15) is 0 Å². The average molecular weight is 384 g/mol. The van der Waals surface area contributed by atoms with Gasteiger partial charge in [0.2, 0.25) is 0 Å². The molecule has 0 saturated carbocycles. The van der Waals surface area contributed by atoms with Gasteiger partial charge in [-0.2, -0.15) is 0 Å². The van der Waals surface area contributed by atoms with Crippen LogP contribution in [0, 0.1) is 10.8 Å². The molecule has 0 bridgehead atoms. The molecule has 2 rings (SSSR count). The number of nitrogen functional groups attached to an aromatic ring is 2. The lowest BCUT2D eigenvalue weighted by Gasteiger charge is -2.10. The SMILES string of the molecule is N=C(N)c1ccc(OCCNCCNCCOc2ccc(C(=N)N)cc2)cc1. The van der Waals surface area contributed by atoms with Gasteiger partial charge in [0.15, 0.2) is 0 Å². The van der Waals surface area contributed by atoms with E-state index in [0.717, 1.165) is 37.7 Å². The lowest BCUT2D eigenvalue weighted by molar-refractivity contribution is 0.307. The molecule has 8 N–H and O–H groups in total. The summed E-state index contributed by atoms with van der Waals surface area (Å²) >= 11 is 0. The highest BCUT2D eigenvalue weighted by Crippen LogP contribution is 2.12. The summed E-state index contributed by atoms with van der Waals surface area (Å²) in [5.41, 5.74) is 12.2. The summed E-state index contributed by atoms with van der Waals surface area (Å²) in [5, 5.41) is 21.3. The van der Waals surface area contributed by atoms with Crippen molar-refractivity contribution in [1.82, 2.24) is 10.6 Å². The Balaban J connectivity index is 1.45. The van der Waals surface area contributed by atoms with Gasteiger partial charge in [0.1, 0.15) is 36.4 Å². The number of nitrogens with two attached hydrogens (primary N) is 2. The third kappa shape index (κ3) is 7.65. The van der Waals surface area contributed by atoms with Crippen LogP contribution in [0.5, 0.6) is 11.5 Å². The van der Waals surface area contributed by atoms with Crippen LogP contribution in [0.2, 0.25) is 0 Å². The Morgan fingerprint density at radius 2 is 1.00 bits per heavy atom. The zero-order valence-corrected chi connectivity index (χ0v) is 15.8. The summed E-state index contributed by atoms with van der Waals surface area (Å²) in [7, 11) is 0. The van der Waals surface area contributed by atoms with Crippen LogP contribution in [0.4, 0.5) is 0 Å². The fourth-order valence-corrected chi connectivity index (χ4v) is 2.37. The van der Waals surface area contributed by atoms with Gasteiger partial charge in [0, 0.05) is 37.3 Å². The van der Waals surface area contributed by atoms with Crippen molar-refractivity contribution in [2.75, 3.05) is 39.4 Å². The lowest BCUT2D eigenvalue weighted by atomic mass is 10.2. The third-order valence-corrected chi connectivity index (χ3v) is 3.90. The molecule has 0 atom stereocenters. The highest BCUT2D eigenvalue weighted by molar-refractivity contribution is 5.95. The van der Waals surface area contributed by atoms with E-state index in [4.69, 9.17) is 31.8 Å². The number of hydrogen-bond acceptors (Lipinski definition) is 6. The van der Waals surface area contributed by atoms with Crippen LogP contribution in [0.3, 0.4) is 0 Å². The van der Waals surface area contributed by atoms with Crippen molar-refractivity contribution in [3.63, 3.8) is 0 Å². The van der Waals surface area contributed by atoms with E-state index >= 15 is 0 Å². The second-order valence-electron chi connectivity index (χ2n) is 6.07. The lowest BCUT2D eigenvalue weighted by Crippen LogP contribution is -2.32. The maximum absolute atomic E-state index is 7.35. The number of hydrogen-bond donors (Lipinski definition) is 6. The smallest absolute Gasteiger partial charge is 0.122 e. The van der Waals surface area contributed by atoms with E-state index in [0.29, 0.717) is 24.3 Å². The van der Waals surface area contributed by atoms with Gasteiger partial charge in [-0.05, 0) is 48.5 Å². The van der Waals surface area contributed by atoms with Crippen molar-refractivity contribution in [2.24, 2.45) is 11.5 Å². The molecule has 0 fully saturated rings. The summed E-state index contributed by atoms with van der Waals surface area (Å²) in [6.07, 6.45) is 0. The predicted molar refractivity (Wildman–Crippen MR) is 112 cm³/mol. The Kier molecular flexibility index (Phi) is 8.77. The second-order valence-corrected chi connectivity index (χ2v) is 6.07. The maximum Gasteiger partial charge on any atom is 0.122 e. The first kappa shape index (κ1) is 21.2. The topological polar surface area (TPSA) is 142 Å². The van der Waals surface area contributed by atoms with Crippen LogP contribution in [-0.2, 0) is 0 Å². The Labute approximate surface area is 165 Å². The Morgan fingerprint density at radius 1 is 0.643 bits per heavy atom. The molecule has 0 heterocycles. The van der Waals surface area contributed by atoms with Crippen LogP contribution in [-0.4, -0.2) is 51.1 Å². The number of rotatable bonds is 13. The van der Waals surface area contributed by atoms with Crippen molar-refractivity contribution in [3.8, 4) is 11.5 Å². The predicted octanol–water partition coefficient (Wildman–Crippen LogP) is 0.892. The quantitative estimate of drug-likeness (QED) is 0.172. The molecule has 0 radical (unpaired) electrons. The van der Waals surface area contributed by atoms with Gasteiger partial charge in [-0.1, -0.05) is 0 Å². The number of ether oxygens (including phenoxy) is 2. The highest BCUT2D eigenvalue weighted by atomic mass is 16.5. The standard InChI is InChI=1S/C20H28N6O2/c21-19(22)15-1-5-17(6-2-15)27-13-11-25-9-10-26-12-14-28-18-7-3-16(4-8-18)20(23)24/h1-8,25-26H,9-14H2,(H3,21,22)(H3,23,24). The largest absolute Gasteiger partial charge is 0.492 e. The normalized spacial score (nSPS) is 10.4. The minimum Gasteiger partial charge on any atom is -0.492 e. The molecule has 0 spiro atoms. The molecule has 8 heteroatoms. The second kappa shape index (κ2) is 11.6. The maximum atomic E-state index is 7.35. The molecule has 0 amide bonds. The van der Waals surface area contributed by atoms with E-state index in [-0.39, 0.29) is 11.7 Å². The molecule has 2 aromatic rings. The van der Waals surface area contributed by atoms with Gasteiger partial charge in [-0.25, -0.2) is 0 Å². The number of nitrogens with one attached hydrogen (secondary N) is 4. The molecule has 0 saturated heterocycles. The third-order valence-electron chi connectivity index (χ3n) is 3.90. The molecular formula is C20H28N6O2. The van der Waals surface area contributed by atoms with E-state index < -0.39 is 0 Å². The molecule has 150 valence electrons. The molecule has 0 aromatic heterocycles. The first-order chi connectivity index (χ1) is 13.6. The first-order valence-corrected chi connectivity index (χ1v) is 9.12.